The lowest BCUT2D eigenvalue weighted by Gasteiger charge is -2.31. The van der Waals surface area contributed by atoms with Gasteiger partial charge in [0.2, 0.25) is 0 Å². The lowest BCUT2D eigenvalue weighted by Crippen LogP contribution is -2.17. The molecule has 270 valence electrons. The van der Waals surface area contributed by atoms with Gasteiger partial charge >= 0.3 is 0 Å². The van der Waals surface area contributed by atoms with Gasteiger partial charge in [-0.05, 0) is 109 Å². The van der Waals surface area contributed by atoms with E-state index in [1.807, 2.05) is 6.07 Å². The first kappa shape index (κ1) is 33.2. The molecular formula is C55H39NO. The van der Waals surface area contributed by atoms with E-state index in [0.29, 0.717) is 0 Å². The molecule has 0 aliphatic heterocycles. The topological polar surface area (TPSA) is 16.4 Å². The predicted octanol–water partition coefficient (Wildman–Crippen LogP) is 15.5. The Hall–Kier alpha value is -7.16. The lowest BCUT2D eigenvalue weighted by molar-refractivity contribution is 0.660. The molecule has 57 heavy (non-hydrogen) atoms. The Balaban J connectivity index is 1.19. The molecule has 0 fully saturated rings. The van der Waals surface area contributed by atoms with Crippen molar-refractivity contribution in [3.05, 3.63) is 211 Å². The van der Waals surface area contributed by atoms with Crippen LogP contribution in [0.3, 0.4) is 0 Å². The van der Waals surface area contributed by atoms with Gasteiger partial charge in [0, 0.05) is 33.1 Å². The van der Waals surface area contributed by atoms with Crippen LogP contribution in [-0.4, -0.2) is 0 Å². The molecule has 0 unspecified atom stereocenters. The average Bonchev–Trinajstić information content (AvgIpc) is 3.75. The summed E-state index contributed by atoms with van der Waals surface area (Å²) in [6.07, 6.45) is 0. The number of benzene rings is 9. The maximum Gasteiger partial charge on any atom is 0.136 e. The number of anilines is 3. The first-order valence-corrected chi connectivity index (χ1v) is 19.8. The Morgan fingerprint density at radius 1 is 0.386 bits per heavy atom. The number of rotatable bonds is 6. The van der Waals surface area contributed by atoms with Crippen molar-refractivity contribution < 1.29 is 4.42 Å². The number of para-hydroxylation sites is 1. The van der Waals surface area contributed by atoms with Crippen LogP contribution in [0.25, 0.3) is 77.2 Å². The van der Waals surface area contributed by atoms with E-state index in [0.717, 1.165) is 50.1 Å². The van der Waals surface area contributed by atoms with Gasteiger partial charge in [-0.1, -0.05) is 166 Å². The zero-order valence-corrected chi connectivity index (χ0v) is 31.9. The molecule has 1 aromatic heterocycles. The number of nitrogens with zero attached hydrogens (tertiary/aromatic N) is 1. The fourth-order valence-corrected chi connectivity index (χ4v) is 9.29. The minimum atomic E-state index is -0.148. The van der Waals surface area contributed by atoms with Gasteiger partial charge in [0.15, 0.2) is 0 Å². The Labute approximate surface area is 332 Å². The molecule has 2 heteroatoms. The quantitative estimate of drug-likeness (QED) is 0.169. The van der Waals surface area contributed by atoms with Crippen molar-refractivity contribution in [2.75, 3.05) is 4.90 Å². The number of furan rings is 1. The molecule has 0 saturated carbocycles. The third kappa shape index (κ3) is 5.33. The Morgan fingerprint density at radius 3 is 1.88 bits per heavy atom. The van der Waals surface area contributed by atoms with E-state index in [1.165, 1.54) is 55.3 Å². The molecule has 1 aliphatic carbocycles. The second kappa shape index (κ2) is 13.0. The standard InChI is InChI=1S/C55H39NO/c1-55(2)49-23-10-8-19-44(49)45-33-31-41(35-50(45)55)56(40-29-26-37(27-30-40)36-14-4-3-5-15-36)51-24-13-22-48(43-21-12-17-38-16-6-7-18-42(38)43)54(51)39-28-32-47-46-20-9-11-25-52(46)57-53(47)34-39/h3-35H,1-2H3. The smallest absolute Gasteiger partial charge is 0.136 e. The van der Waals surface area contributed by atoms with Crippen LogP contribution in [0.2, 0.25) is 0 Å². The molecule has 11 rings (SSSR count). The summed E-state index contributed by atoms with van der Waals surface area (Å²) in [6, 6.07) is 72.8. The molecular weight excluding hydrogens is 691 g/mol. The molecule has 0 spiro atoms. The van der Waals surface area contributed by atoms with Crippen LogP contribution in [0.4, 0.5) is 17.1 Å². The maximum absolute atomic E-state index is 6.55. The fourth-order valence-electron chi connectivity index (χ4n) is 9.29. The van der Waals surface area contributed by atoms with E-state index < -0.39 is 0 Å². The van der Waals surface area contributed by atoms with E-state index in [4.69, 9.17) is 4.42 Å². The van der Waals surface area contributed by atoms with Crippen molar-refractivity contribution in [1.82, 2.24) is 0 Å². The minimum absolute atomic E-state index is 0.148. The second-order valence-corrected chi connectivity index (χ2v) is 15.7. The molecule has 2 nitrogen and oxygen atoms in total. The highest BCUT2D eigenvalue weighted by molar-refractivity contribution is 6.09. The van der Waals surface area contributed by atoms with Crippen LogP contribution in [0.5, 0.6) is 0 Å². The number of hydrogen-bond acceptors (Lipinski definition) is 2. The van der Waals surface area contributed by atoms with Gasteiger partial charge in [0.05, 0.1) is 5.69 Å². The normalized spacial score (nSPS) is 12.9. The highest BCUT2D eigenvalue weighted by atomic mass is 16.3. The summed E-state index contributed by atoms with van der Waals surface area (Å²) < 4.78 is 6.55. The zero-order chi connectivity index (χ0) is 38.1. The van der Waals surface area contributed by atoms with Crippen LogP contribution in [0.15, 0.2) is 205 Å². The second-order valence-electron chi connectivity index (χ2n) is 15.7. The summed E-state index contributed by atoms with van der Waals surface area (Å²) in [5.41, 5.74) is 17.2. The molecule has 1 aliphatic rings. The molecule has 0 bridgehead atoms. The van der Waals surface area contributed by atoms with Gasteiger partial charge in [0.25, 0.3) is 0 Å². The van der Waals surface area contributed by atoms with Crippen LogP contribution in [0, 0.1) is 0 Å². The van der Waals surface area contributed by atoms with Gasteiger partial charge in [-0.2, -0.15) is 0 Å². The minimum Gasteiger partial charge on any atom is -0.456 e. The van der Waals surface area contributed by atoms with Gasteiger partial charge in [0.1, 0.15) is 11.2 Å². The zero-order valence-electron chi connectivity index (χ0n) is 31.9. The van der Waals surface area contributed by atoms with Gasteiger partial charge in [-0.15, -0.1) is 0 Å². The van der Waals surface area contributed by atoms with Crippen LogP contribution >= 0.6 is 0 Å². The van der Waals surface area contributed by atoms with Crippen LogP contribution < -0.4 is 4.90 Å². The summed E-state index contributed by atoms with van der Waals surface area (Å²) in [6.45, 7) is 4.71. The van der Waals surface area contributed by atoms with Gasteiger partial charge in [-0.25, -0.2) is 0 Å². The van der Waals surface area contributed by atoms with Crippen LogP contribution in [-0.2, 0) is 5.41 Å². The molecule has 0 N–H and O–H groups in total. The molecule has 0 radical (unpaired) electrons. The van der Waals surface area contributed by atoms with Crippen molar-refractivity contribution >= 4 is 49.8 Å². The highest BCUT2D eigenvalue weighted by Gasteiger charge is 2.36. The Kier molecular flexibility index (Phi) is 7.55. The number of hydrogen-bond donors (Lipinski definition) is 0. The monoisotopic (exact) mass is 729 g/mol. The van der Waals surface area contributed by atoms with Crippen molar-refractivity contribution in [1.29, 1.82) is 0 Å². The third-order valence-electron chi connectivity index (χ3n) is 12.1. The Morgan fingerprint density at radius 2 is 1.00 bits per heavy atom. The van der Waals surface area contributed by atoms with Crippen molar-refractivity contribution in [3.8, 4) is 44.5 Å². The lowest BCUT2D eigenvalue weighted by atomic mass is 9.82. The summed E-state index contributed by atoms with van der Waals surface area (Å²) >= 11 is 0. The van der Waals surface area contributed by atoms with Crippen molar-refractivity contribution in [3.63, 3.8) is 0 Å². The van der Waals surface area contributed by atoms with E-state index in [1.54, 1.807) is 0 Å². The summed E-state index contributed by atoms with van der Waals surface area (Å²) in [5.74, 6) is 0. The SMILES string of the molecule is CC1(C)c2ccccc2-c2ccc(N(c3ccc(-c4ccccc4)cc3)c3cccc(-c4cccc5ccccc45)c3-c3ccc4c(c3)oc3ccccc34)cc21. The molecule has 9 aromatic carbocycles. The average molecular weight is 730 g/mol. The van der Waals surface area contributed by atoms with E-state index >= 15 is 0 Å². The van der Waals surface area contributed by atoms with E-state index in [-0.39, 0.29) is 5.41 Å². The summed E-state index contributed by atoms with van der Waals surface area (Å²) in [4.78, 5) is 2.46. The van der Waals surface area contributed by atoms with E-state index in [2.05, 4.69) is 213 Å². The number of fused-ring (bicyclic) bond motifs is 7. The summed E-state index contributed by atoms with van der Waals surface area (Å²) in [7, 11) is 0. The third-order valence-corrected chi connectivity index (χ3v) is 12.1. The van der Waals surface area contributed by atoms with E-state index in [9.17, 15) is 0 Å². The highest BCUT2D eigenvalue weighted by Crippen LogP contribution is 2.52. The molecule has 10 aromatic rings. The van der Waals surface area contributed by atoms with Gasteiger partial charge < -0.3 is 9.32 Å². The predicted molar refractivity (Wildman–Crippen MR) is 240 cm³/mol. The fraction of sp³-hybridized carbons (Fsp3) is 0.0545. The first-order chi connectivity index (χ1) is 28.0. The van der Waals surface area contributed by atoms with Crippen molar-refractivity contribution in [2.45, 2.75) is 19.3 Å². The first-order valence-electron chi connectivity index (χ1n) is 19.8. The molecule has 0 saturated heterocycles. The molecule has 0 amide bonds. The molecule has 0 atom stereocenters. The Bertz CT molecular complexity index is 3150. The van der Waals surface area contributed by atoms with Gasteiger partial charge in [-0.3, -0.25) is 0 Å². The largest absolute Gasteiger partial charge is 0.456 e. The molecule has 1 heterocycles. The maximum atomic E-state index is 6.55. The van der Waals surface area contributed by atoms with Crippen molar-refractivity contribution in [2.24, 2.45) is 0 Å². The summed E-state index contributed by atoms with van der Waals surface area (Å²) in [5, 5.41) is 4.68. The van der Waals surface area contributed by atoms with Crippen LogP contribution in [0.1, 0.15) is 25.0 Å².